The lowest BCUT2D eigenvalue weighted by Crippen LogP contribution is -2.56. The van der Waals surface area contributed by atoms with Crippen molar-refractivity contribution in [3.8, 4) is 0 Å². The van der Waals surface area contributed by atoms with Crippen LogP contribution >= 0.6 is 0 Å². The van der Waals surface area contributed by atoms with E-state index in [4.69, 9.17) is 5.73 Å². The predicted molar refractivity (Wildman–Crippen MR) is 126 cm³/mol. The number of nitrogens with zero attached hydrogens (tertiary/aromatic N) is 2. The Labute approximate surface area is 194 Å². The maximum atomic E-state index is 13.3. The lowest BCUT2D eigenvalue weighted by atomic mass is 9.82. The summed E-state index contributed by atoms with van der Waals surface area (Å²) < 4.78 is 0. The highest BCUT2D eigenvalue weighted by Gasteiger charge is 2.38. The van der Waals surface area contributed by atoms with E-state index in [0.717, 1.165) is 38.8 Å². The van der Waals surface area contributed by atoms with Crippen LogP contribution < -0.4 is 11.1 Å². The largest absolute Gasteiger partial charge is 0.368 e. The topological polar surface area (TPSA) is 95.7 Å². The molecule has 0 spiro atoms. The standard InChI is InChI=1S/C26H32N4O3/c27-24(31)23(19-9-3-1-4-10-19)28-25(32)21-13-7-8-14-22(21)29-15-17-30(18-16-29)26(33)20-11-5-2-6-12-20/h1-6,9-12,21-23H,7-8,13-18H2,(H2,27,31)(H,28,32)/t21-,22?,23+/m1/s1. The lowest BCUT2D eigenvalue weighted by molar-refractivity contribution is -0.133. The maximum absolute atomic E-state index is 13.3. The van der Waals surface area contributed by atoms with E-state index in [1.165, 1.54) is 0 Å². The molecule has 0 aromatic heterocycles. The molecule has 3 N–H and O–H groups in total. The fraction of sp³-hybridized carbons (Fsp3) is 0.423. The van der Waals surface area contributed by atoms with Gasteiger partial charge in [-0.05, 0) is 30.5 Å². The van der Waals surface area contributed by atoms with Gasteiger partial charge in [0.25, 0.3) is 5.91 Å². The predicted octanol–water partition coefficient (Wildman–Crippen LogP) is 2.35. The highest BCUT2D eigenvalue weighted by Crippen LogP contribution is 2.30. The van der Waals surface area contributed by atoms with E-state index in [1.807, 2.05) is 53.4 Å². The van der Waals surface area contributed by atoms with Crippen LogP contribution in [0.5, 0.6) is 0 Å². The second kappa shape index (κ2) is 10.6. The van der Waals surface area contributed by atoms with E-state index in [2.05, 4.69) is 10.2 Å². The minimum Gasteiger partial charge on any atom is -0.368 e. The van der Waals surface area contributed by atoms with E-state index in [1.54, 1.807) is 12.1 Å². The van der Waals surface area contributed by atoms with Gasteiger partial charge in [0.15, 0.2) is 0 Å². The number of primary amides is 1. The number of nitrogens with two attached hydrogens (primary N) is 1. The summed E-state index contributed by atoms with van der Waals surface area (Å²) in [6.45, 7) is 2.77. The Morgan fingerprint density at radius 1 is 0.848 bits per heavy atom. The number of piperazine rings is 1. The number of amides is 3. The number of rotatable bonds is 6. The Kier molecular flexibility index (Phi) is 7.40. The van der Waals surface area contributed by atoms with Crippen LogP contribution in [0.3, 0.4) is 0 Å². The van der Waals surface area contributed by atoms with Gasteiger partial charge in [-0.1, -0.05) is 61.4 Å². The number of nitrogens with one attached hydrogen (secondary N) is 1. The minimum absolute atomic E-state index is 0.0559. The number of hydrogen-bond donors (Lipinski definition) is 2. The van der Waals surface area contributed by atoms with Gasteiger partial charge in [-0.2, -0.15) is 0 Å². The molecule has 4 rings (SSSR count). The molecule has 3 atom stereocenters. The third-order valence-corrected chi connectivity index (χ3v) is 6.86. The molecule has 1 saturated heterocycles. The van der Waals surface area contributed by atoms with Gasteiger partial charge in [-0.3, -0.25) is 19.3 Å². The zero-order chi connectivity index (χ0) is 23.2. The van der Waals surface area contributed by atoms with Crippen molar-refractivity contribution in [2.75, 3.05) is 26.2 Å². The highest BCUT2D eigenvalue weighted by atomic mass is 16.2. The van der Waals surface area contributed by atoms with E-state index >= 15 is 0 Å². The molecule has 1 heterocycles. The first-order chi connectivity index (χ1) is 16.0. The van der Waals surface area contributed by atoms with Crippen molar-refractivity contribution < 1.29 is 14.4 Å². The minimum atomic E-state index is -0.832. The molecule has 2 aromatic carbocycles. The molecule has 33 heavy (non-hydrogen) atoms. The molecule has 2 aliphatic rings. The summed E-state index contributed by atoms with van der Waals surface area (Å²) in [7, 11) is 0. The second-order valence-electron chi connectivity index (χ2n) is 8.91. The number of carbonyl (C=O) groups excluding carboxylic acids is 3. The Bertz CT molecular complexity index is 958. The summed E-state index contributed by atoms with van der Waals surface area (Å²) in [6.07, 6.45) is 3.81. The zero-order valence-electron chi connectivity index (χ0n) is 18.9. The van der Waals surface area contributed by atoms with Crippen molar-refractivity contribution >= 4 is 17.7 Å². The Morgan fingerprint density at radius 3 is 2.09 bits per heavy atom. The smallest absolute Gasteiger partial charge is 0.253 e. The lowest BCUT2D eigenvalue weighted by Gasteiger charge is -2.44. The van der Waals surface area contributed by atoms with Gasteiger partial charge in [0.05, 0.1) is 5.92 Å². The molecular weight excluding hydrogens is 416 g/mol. The van der Waals surface area contributed by atoms with Crippen LogP contribution in [0.15, 0.2) is 60.7 Å². The quantitative estimate of drug-likeness (QED) is 0.709. The normalized spacial score (nSPS) is 22.4. The average Bonchev–Trinajstić information content (AvgIpc) is 2.87. The summed E-state index contributed by atoms with van der Waals surface area (Å²) in [6, 6.07) is 17.8. The number of hydrogen-bond acceptors (Lipinski definition) is 4. The van der Waals surface area contributed by atoms with Gasteiger partial charge >= 0.3 is 0 Å². The van der Waals surface area contributed by atoms with E-state index < -0.39 is 11.9 Å². The van der Waals surface area contributed by atoms with Gasteiger partial charge in [-0.15, -0.1) is 0 Å². The van der Waals surface area contributed by atoms with Crippen molar-refractivity contribution in [2.24, 2.45) is 11.7 Å². The molecule has 2 fully saturated rings. The Balaban J connectivity index is 1.40. The third-order valence-electron chi connectivity index (χ3n) is 6.86. The maximum Gasteiger partial charge on any atom is 0.253 e. The molecule has 1 aliphatic carbocycles. The van der Waals surface area contributed by atoms with Crippen LogP contribution in [0.4, 0.5) is 0 Å². The fourth-order valence-corrected chi connectivity index (χ4v) is 5.09. The summed E-state index contributed by atoms with van der Waals surface area (Å²) >= 11 is 0. The summed E-state index contributed by atoms with van der Waals surface area (Å²) in [4.78, 5) is 42.4. The first kappa shape index (κ1) is 23.0. The van der Waals surface area contributed by atoms with Crippen molar-refractivity contribution in [3.63, 3.8) is 0 Å². The monoisotopic (exact) mass is 448 g/mol. The van der Waals surface area contributed by atoms with Crippen LogP contribution in [0.1, 0.15) is 47.6 Å². The summed E-state index contributed by atoms with van der Waals surface area (Å²) in [5.74, 6) is -0.814. The number of benzene rings is 2. The summed E-state index contributed by atoms with van der Waals surface area (Å²) in [5.41, 5.74) is 7.02. The zero-order valence-corrected chi connectivity index (χ0v) is 18.9. The van der Waals surface area contributed by atoms with Crippen molar-refractivity contribution in [1.29, 1.82) is 0 Å². The van der Waals surface area contributed by atoms with E-state index in [0.29, 0.717) is 24.2 Å². The van der Waals surface area contributed by atoms with Crippen LogP contribution in [-0.2, 0) is 9.59 Å². The van der Waals surface area contributed by atoms with Gasteiger partial charge in [0.2, 0.25) is 11.8 Å². The molecule has 0 radical (unpaired) electrons. The molecule has 1 aliphatic heterocycles. The molecule has 174 valence electrons. The molecule has 0 bridgehead atoms. The first-order valence-electron chi connectivity index (χ1n) is 11.8. The highest BCUT2D eigenvalue weighted by molar-refractivity contribution is 5.94. The molecule has 1 unspecified atom stereocenters. The molecule has 2 aromatic rings. The SMILES string of the molecule is NC(=O)[C@@H](NC(=O)[C@@H]1CCCCC1N1CCN(C(=O)c2ccccc2)CC1)c1ccccc1. The van der Waals surface area contributed by atoms with E-state index in [9.17, 15) is 14.4 Å². The second-order valence-corrected chi connectivity index (χ2v) is 8.91. The Hall–Kier alpha value is -3.19. The van der Waals surface area contributed by atoms with Gasteiger partial charge < -0.3 is 16.0 Å². The van der Waals surface area contributed by atoms with E-state index in [-0.39, 0.29) is 23.8 Å². The van der Waals surface area contributed by atoms with Gasteiger partial charge in [-0.25, -0.2) is 0 Å². The molecule has 7 heteroatoms. The Morgan fingerprint density at radius 2 is 1.45 bits per heavy atom. The van der Waals surface area contributed by atoms with Crippen LogP contribution in [0, 0.1) is 5.92 Å². The van der Waals surface area contributed by atoms with Crippen LogP contribution in [0.2, 0.25) is 0 Å². The number of carbonyl (C=O) groups is 3. The molecule has 3 amide bonds. The van der Waals surface area contributed by atoms with Crippen molar-refractivity contribution in [3.05, 3.63) is 71.8 Å². The van der Waals surface area contributed by atoms with Crippen molar-refractivity contribution in [1.82, 2.24) is 15.1 Å². The van der Waals surface area contributed by atoms with Crippen LogP contribution in [0.25, 0.3) is 0 Å². The van der Waals surface area contributed by atoms with Gasteiger partial charge in [0, 0.05) is 37.8 Å². The van der Waals surface area contributed by atoms with Crippen molar-refractivity contribution in [2.45, 2.75) is 37.8 Å². The molecule has 7 nitrogen and oxygen atoms in total. The van der Waals surface area contributed by atoms with Gasteiger partial charge in [0.1, 0.15) is 6.04 Å². The molecule has 1 saturated carbocycles. The average molecular weight is 449 g/mol. The first-order valence-corrected chi connectivity index (χ1v) is 11.8. The van der Waals surface area contributed by atoms with Crippen LogP contribution in [-0.4, -0.2) is 59.7 Å². The molecular formula is C26H32N4O3. The summed E-state index contributed by atoms with van der Waals surface area (Å²) in [5, 5.41) is 2.92. The third kappa shape index (κ3) is 5.42. The fourth-order valence-electron chi connectivity index (χ4n) is 5.09.